The topological polar surface area (TPSA) is 59.2 Å². The van der Waals surface area contributed by atoms with Gasteiger partial charge >= 0.3 is 0 Å². The van der Waals surface area contributed by atoms with Crippen molar-refractivity contribution >= 4 is 29.3 Å². The van der Waals surface area contributed by atoms with Crippen LogP contribution >= 0.6 is 11.3 Å². The number of aromatic nitrogens is 1. The van der Waals surface area contributed by atoms with Crippen molar-refractivity contribution in [2.45, 2.75) is 6.92 Å². The molecule has 126 valence electrons. The van der Waals surface area contributed by atoms with Crippen molar-refractivity contribution in [1.82, 2.24) is 4.98 Å². The summed E-state index contributed by atoms with van der Waals surface area (Å²) in [6.45, 7) is 2.01. The number of H-pyrrole nitrogens is 1. The third-order valence-electron chi connectivity index (χ3n) is 3.69. The van der Waals surface area contributed by atoms with Crippen molar-refractivity contribution in [3.05, 3.63) is 84.8 Å². The molecule has 3 rings (SSSR count). The van der Waals surface area contributed by atoms with Crippen molar-refractivity contribution in [3.8, 4) is 5.75 Å². The minimum absolute atomic E-state index is 0.204. The molecule has 0 bridgehead atoms. The molecule has 0 saturated heterocycles. The van der Waals surface area contributed by atoms with Gasteiger partial charge in [-0.05, 0) is 30.7 Å². The minimum Gasteiger partial charge on any atom is -0.496 e. The van der Waals surface area contributed by atoms with Crippen LogP contribution in [0, 0.1) is 6.92 Å². The highest BCUT2D eigenvalue weighted by molar-refractivity contribution is 7.07. The van der Waals surface area contributed by atoms with Gasteiger partial charge in [-0.2, -0.15) is 0 Å². The fourth-order valence-corrected chi connectivity index (χ4v) is 3.27. The van der Waals surface area contributed by atoms with Crippen LogP contribution in [0.2, 0.25) is 0 Å². The Morgan fingerprint density at radius 2 is 1.84 bits per heavy atom. The van der Waals surface area contributed by atoms with E-state index in [9.17, 15) is 9.59 Å². The normalized spacial score (nSPS) is 12.4. The number of nitrogens with one attached hydrogen (secondary N) is 1. The summed E-state index contributed by atoms with van der Waals surface area (Å²) in [7, 11) is 1.52. The molecule has 4 nitrogen and oxygen atoms in total. The first-order valence-electron chi connectivity index (χ1n) is 7.73. The third kappa shape index (κ3) is 3.95. The molecule has 0 aliphatic heterocycles. The molecule has 0 aliphatic carbocycles. The van der Waals surface area contributed by atoms with Gasteiger partial charge in [-0.1, -0.05) is 42.0 Å². The van der Waals surface area contributed by atoms with Crippen molar-refractivity contribution < 1.29 is 9.53 Å². The molecule has 0 saturated carbocycles. The number of carbonyl (C=O) groups is 1. The van der Waals surface area contributed by atoms with Crippen LogP contribution in [0.25, 0.3) is 12.2 Å². The molecular weight excluding hydrogens is 334 g/mol. The number of hydrogen-bond donors (Lipinski definition) is 1. The van der Waals surface area contributed by atoms with E-state index in [0.29, 0.717) is 20.5 Å². The molecule has 0 aliphatic rings. The summed E-state index contributed by atoms with van der Waals surface area (Å²) >= 11 is 1.25. The van der Waals surface area contributed by atoms with Gasteiger partial charge in [-0.3, -0.25) is 9.59 Å². The van der Waals surface area contributed by atoms with Gasteiger partial charge in [0, 0.05) is 6.08 Å². The second-order valence-corrected chi connectivity index (χ2v) is 6.63. The second kappa shape index (κ2) is 7.32. The Kier molecular flexibility index (Phi) is 4.95. The van der Waals surface area contributed by atoms with E-state index in [0.717, 1.165) is 11.1 Å². The number of aryl methyl sites for hydroxylation is 1. The number of ether oxygens (including phenoxy) is 1. The fraction of sp³-hybridized carbons (Fsp3) is 0.100. The van der Waals surface area contributed by atoms with Gasteiger partial charge in [0.2, 0.25) is 0 Å². The number of rotatable bonds is 4. The van der Waals surface area contributed by atoms with E-state index in [4.69, 9.17) is 4.74 Å². The summed E-state index contributed by atoms with van der Waals surface area (Å²) in [4.78, 5) is 27.3. The van der Waals surface area contributed by atoms with E-state index in [1.165, 1.54) is 24.5 Å². The second-order valence-electron chi connectivity index (χ2n) is 5.55. The average Bonchev–Trinajstić information content (AvgIpc) is 2.96. The maximum atomic E-state index is 12.4. The van der Waals surface area contributed by atoms with E-state index in [1.807, 2.05) is 37.3 Å². The molecule has 1 aromatic heterocycles. The van der Waals surface area contributed by atoms with E-state index < -0.39 is 0 Å². The quantitative estimate of drug-likeness (QED) is 0.734. The first-order chi connectivity index (χ1) is 12.1. The van der Waals surface area contributed by atoms with Gasteiger partial charge in [0.15, 0.2) is 5.78 Å². The van der Waals surface area contributed by atoms with Gasteiger partial charge in [-0.15, -0.1) is 11.3 Å². The highest BCUT2D eigenvalue weighted by Crippen LogP contribution is 2.18. The zero-order valence-corrected chi connectivity index (χ0v) is 14.7. The van der Waals surface area contributed by atoms with Crippen molar-refractivity contribution in [2.24, 2.45) is 0 Å². The average molecular weight is 351 g/mol. The first-order valence-corrected chi connectivity index (χ1v) is 8.55. The molecule has 0 radical (unpaired) electrons. The summed E-state index contributed by atoms with van der Waals surface area (Å²) in [5.41, 5.74) is 2.36. The van der Waals surface area contributed by atoms with Gasteiger partial charge in [0.05, 0.1) is 21.9 Å². The van der Waals surface area contributed by atoms with E-state index in [1.54, 1.807) is 24.3 Å². The largest absolute Gasteiger partial charge is 0.496 e. The number of carbonyl (C=O) groups excluding carboxylic acids is 1. The lowest BCUT2D eigenvalue weighted by Crippen LogP contribution is -2.20. The Balaban J connectivity index is 1.99. The number of hydrogen-bond acceptors (Lipinski definition) is 4. The smallest absolute Gasteiger partial charge is 0.266 e. The Morgan fingerprint density at radius 3 is 2.56 bits per heavy atom. The molecule has 2 aromatic carbocycles. The van der Waals surface area contributed by atoms with Crippen LogP contribution in [0.1, 0.15) is 21.5 Å². The van der Waals surface area contributed by atoms with Crippen LogP contribution in [-0.2, 0) is 0 Å². The van der Waals surface area contributed by atoms with Crippen LogP contribution < -0.4 is 19.5 Å². The lowest BCUT2D eigenvalue weighted by molar-refractivity contribution is 0.105. The predicted octanol–water partition coefficient (Wildman–Crippen LogP) is 2.25. The Labute approximate surface area is 148 Å². The van der Waals surface area contributed by atoms with Crippen LogP contribution in [0.3, 0.4) is 0 Å². The summed E-state index contributed by atoms with van der Waals surface area (Å²) in [5.74, 6) is 0.297. The van der Waals surface area contributed by atoms with E-state index in [-0.39, 0.29) is 11.3 Å². The monoisotopic (exact) mass is 351 g/mol. The Morgan fingerprint density at radius 1 is 1.12 bits per heavy atom. The SMILES string of the molecule is COc1ccccc1C(=O)/C=c1\[nH]c(=O)/c(=C\c2ccc(C)cc2)s1. The van der Waals surface area contributed by atoms with Crippen LogP contribution in [-0.4, -0.2) is 17.9 Å². The maximum absolute atomic E-state index is 12.4. The van der Waals surface area contributed by atoms with Crippen molar-refractivity contribution in [3.63, 3.8) is 0 Å². The molecule has 0 unspecified atom stereocenters. The number of ketones is 1. The molecule has 25 heavy (non-hydrogen) atoms. The zero-order chi connectivity index (χ0) is 17.8. The summed E-state index contributed by atoms with van der Waals surface area (Å²) < 4.78 is 6.28. The van der Waals surface area contributed by atoms with Gasteiger partial charge in [0.1, 0.15) is 5.75 Å². The summed E-state index contributed by atoms with van der Waals surface area (Å²) in [5, 5.41) is 0. The zero-order valence-electron chi connectivity index (χ0n) is 13.9. The Bertz CT molecular complexity index is 1080. The van der Waals surface area contributed by atoms with Gasteiger partial charge in [-0.25, -0.2) is 0 Å². The van der Waals surface area contributed by atoms with Crippen LogP contribution in [0.4, 0.5) is 0 Å². The number of aromatic amines is 1. The van der Waals surface area contributed by atoms with E-state index >= 15 is 0 Å². The van der Waals surface area contributed by atoms with Gasteiger partial charge in [0.25, 0.3) is 5.56 Å². The van der Waals surface area contributed by atoms with Crippen LogP contribution in [0.5, 0.6) is 5.75 Å². The highest BCUT2D eigenvalue weighted by Gasteiger charge is 2.09. The van der Waals surface area contributed by atoms with Crippen molar-refractivity contribution in [1.29, 1.82) is 0 Å². The number of Topliss-reactive ketones (excluding diaryl/α,β-unsaturated/α-hetero) is 1. The molecule has 5 heteroatoms. The minimum atomic E-state index is -0.211. The molecule has 1 heterocycles. The molecule has 0 fully saturated rings. The number of para-hydroxylation sites is 1. The standard InChI is InChI=1S/C20H17NO3S/c1-13-7-9-14(10-8-13)11-18-20(23)21-19(25-18)12-16(22)15-5-3-4-6-17(15)24-2/h3-12H,1-2H3,(H,21,23)/b18-11+,19-12+. The van der Waals surface area contributed by atoms with Gasteiger partial charge < -0.3 is 9.72 Å². The first kappa shape index (κ1) is 16.9. The maximum Gasteiger partial charge on any atom is 0.266 e. The molecule has 0 atom stereocenters. The molecule has 0 amide bonds. The molecule has 0 spiro atoms. The lowest BCUT2D eigenvalue weighted by Gasteiger charge is -2.03. The number of thiazole rings is 1. The highest BCUT2D eigenvalue weighted by atomic mass is 32.1. The molecule has 3 aromatic rings. The van der Waals surface area contributed by atoms with Crippen molar-refractivity contribution in [2.75, 3.05) is 7.11 Å². The van der Waals surface area contributed by atoms with E-state index in [2.05, 4.69) is 4.98 Å². The number of methoxy groups -OCH3 is 1. The summed E-state index contributed by atoms with van der Waals surface area (Å²) in [6, 6.07) is 14.9. The predicted molar refractivity (Wildman–Crippen MR) is 101 cm³/mol. The number of benzene rings is 2. The van der Waals surface area contributed by atoms with Crippen LogP contribution in [0.15, 0.2) is 53.3 Å². The Hall–Kier alpha value is -2.92. The summed E-state index contributed by atoms with van der Waals surface area (Å²) in [6.07, 6.45) is 3.24. The fourth-order valence-electron chi connectivity index (χ4n) is 2.38. The third-order valence-corrected chi connectivity index (χ3v) is 4.65. The molecule has 1 N–H and O–H groups in total. The lowest BCUT2D eigenvalue weighted by atomic mass is 10.1. The molecular formula is C20H17NO3S.